The molecule has 2 fully saturated rings. The van der Waals surface area contributed by atoms with Gasteiger partial charge in [-0.15, -0.1) is 0 Å². The molecule has 1 heterocycles. The first-order valence-corrected chi connectivity index (χ1v) is 19.0. The number of aliphatic hydroxyl groups is 1. The molecule has 1 saturated heterocycles. The Kier molecular flexibility index (Phi) is 13.6. The first-order chi connectivity index (χ1) is 19.9. The second-order valence-corrected chi connectivity index (χ2v) is 18.5. The summed E-state index contributed by atoms with van der Waals surface area (Å²) in [7, 11) is -2.08. The summed E-state index contributed by atoms with van der Waals surface area (Å²) in [5.41, 5.74) is 0. The SMILES string of the molecule is CC(Oc1ccccc1)[C@H](CC[C@H]1C(OC2CCCCO2)C[C@H](O)[C@@H]1CC=CCCCC(=O)O)O[Si](C)(C)C(C)(C)C. The Morgan fingerprint density at radius 1 is 1.14 bits per heavy atom. The number of benzene rings is 1. The fraction of sp³-hybridized carbons (Fsp3) is 0.735. The highest BCUT2D eigenvalue weighted by Crippen LogP contribution is 2.43. The second kappa shape index (κ2) is 16.4. The van der Waals surface area contributed by atoms with Crippen LogP contribution in [0.3, 0.4) is 0 Å². The third-order valence-electron chi connectivity index (χ3n) is 9.42. The van der Waals surface area contributed by atoms with Crippen LogP contribution in [0.25, 0.3) is 0 Å². The lowest BCUT2D eigenvalue weighted by Crippen LogP contribution is -2.48. The molecule has 2 aliphatic rings. The zero-order chi connectivity index (χ0) is 30.8. The molecule has 0 spiro atoms. The van der Waals surface area contributed by atoms with E-state index in [1.807, 2.05) is 30.3 Å². The first kappa shape index (κ1) is 34.8. The van der Waals surface area contributed by atoms with Crippen molar-refractivity contribution >= 4 is 14.3 Å². The first-order valence-electron chi connectivity index (χ1n) is 16.1. The van der Waals surface area contributed by atoms with Gasteiger partial charge in [-0.05, 0) is 100 Å². The van der Waals surface area contributed by atoms with Crippen molar-refractivity contribution in [2.75, 3.05) is 6.61 Å². The van der Waals surface area contributed by atoms with Crippen molar-refractivity contribution in [2.45, 2.75) is 141 Å². The Morgan fingerprint density at radius 3 is 2.52 bits per heavy atom. The van der Waals surface area contributed by atoms with E-state index in [9.17, 15) is 9.90 Å². The fourth-order valence-corrected chi connectivity index (χ4v) is 7.30. The Hall–Kier alpha value is -1.71. The van der Waals surface area contributed by atoms with Gasteiger partial charge < -0.3 is 28.8 Å². The van der Waals surface area contributed by atoms with Crippen LogP contribution in [0, 0.1) is 11.8 Å². The van der Waals surface area contributed by atoms with Crippen molar-refractivity contribution in [3.63, 3.8) is 0 Å². The summed E-state index contributed by atoms with van der Waals surface area (Å²) in [4.78, 5) is 10.8. The van der Waals surface area contributed by atoms with Gasteiger partial charge in [-0.25, -0.2) is 0 Å². The third kappa shape index (κ3) is 10.8. The molecule has 1 aromatic carbocycles. The highest BCUT2D eigenvalue weighted by atomic mass is 28.4. The minimum absolute atomic E-state index is 0.0631. The van der Waals surface area contributed by atoms with Crippen molar-refractivity contribution in [3.05, 3.63) is 42.5 Å². The number of rotatable bonds is 16. The van der Waals surface area contributed by atoms with E-state index in [1.165, 1.54) is 0 Å². The Labute approximate surface area is 255 Å². The quantitative estimate of drug-likeness (QED) is 0.113. The van der Waals surface area contributed by atoms with Gasteiger partial charge in [0, 0.05) is 19.4 Å². The predicted molar refractivity (Wildman–Crippen MR) is 169 cm³/mol. The van der Waals surface area contributed by atoms with Crippen LogP contribution < -0.4 is 4.74 Å². The molecule has 1 aliphatic carbocycles. The van der Waals surface area contributed by atoms with Gasteiger partial charge >= 0.3 is 5.97 Å². The van der Waals surface area contributed by atoms with E-state index in [1.54, 1.807) is 0 Å². The zero-order valence-electron chi connectivity index (χ0n) is 26.8. The molecule has 2 N–H and O–H groups in total. The lowest BCUT2D eigenvalue weighted by molar-refractivity contribution is -0.196. The number of para-hydroxylation sites is 1. The Bertz CT molecular complexity index is 954. The molecule has 0 amide bonds. The highest BCUT2D eigenvalue weighted by Gasteiger charge is 2.45. The van der Waals surface area contributed by atoms with Crippen molar-refractivity contribution in [3.8, 4) is 5.75 Å². The van der Waals surface area contributed by atoms with Crippen molar-refractivity contribution in [1.29, 1.82) is 0 Å². The van der Waals surface area contributed by atoms with Crippen LogP contribution in [0.2, 0.25) is 18.1 Å². The van der Waals surface area contributed by atoms with E-state index in [4.69, 9.17) is 23.7 Å². The molecule has 0 aromatic heterocycles. The van der Waals surface area contributed by atoms with Crippen LogP contribution in [-0.4, -0.2) is 61.8 Å². The maximum atomic E-state index is 11.2. The Balaban J connectivity index is 1.76. The monoisotopic (exact) mass is 604 g/mol. The molecule has 238 valence electrons. The Morgan fingerprint density at radius 2 is 1.88 bits per heavy atom. The number of aliphatic hydroxyl groups excluding tert-OH is 1. The number of carbonyl (C=O) groups is 1. The standard InChI is InChI=1S/C34H56O7Si/c1-25(39-26-16-10-9-11-17-26)30(41-42(5,6)34(2,3)4)22-21-28-27(18-12-7-8-13-19-32(36)37)29(35)24-31(28)40-33-20-14-15-23-38-33/h7,9-12,16-17,25,27-31,33,35H,8,13-15,18-24H2,1-6H3,(H,36,37)/t25?,27-,28-,29+,30+,31?,33?/m1/s1. The molecule has 7 atom stereocenters. The molecule has 42 heavy (non-hydrogen) atoms. The summed E-state index contributed by atoms with van der Waals surface area (Å²) in [6, 6.07) is 9.94. The van der Waals surface area contributed by atoms with Gasteiger partial charge in [-0.1, -0.05) is 51.1 Å². The smallest absolute Gasteiger partial charge is 0.303 e. The number of carboxylic acids is 1. The largest absolute Gasteiger partial charge is 0.488 e. The van der Waals surface area contributed by atoms with Gasteiger partial charge in [0.05, 0.1) is 18.3 Å². The minimum Gasteiger partial charge on any atom is -0.488 e. The lowest BCUT2D eigenvalue weighted by Gasteiger charge is -2.41. The number of ether oxygens (including phenoxy) is 3. The number of unbranched alkanes of at least 4 members (excludes halogenated alkanes) is 1. The van der Waals surface area contributed by atoms with Crippen molar-refractivity contribution in [2.24, 2.45) is 11.8 Å². The molecular weight excluding hydrogens is 548 g/mol. The average molecular weight is 605 g/mol. The summed E-state index contributed by atoms with van der Waals surface area (Å²) in [5.74, 6) is 0.294. The van der Waals surface area contributed by atoms with Gasteiger partial charge in [0.2, 0.25) is 0 Å². The van der Waals surface area contributed by atoms with Crippen LogP contribution in [0.4, 0.5) is 0 Å². The van der Waals surface area contributed by atoms with Crippen LogP contribution in [-0.2, 0) is 18.7 Å². The summed E-state index contributed by atoms with van der Waals surface area (Å²) < 4.78 is 25.9. The molecule has 1 saturated carbocycles. The van der Waals surface area contributed by atoms with Gasteiger partial charge in [0.15, 0.2) is 14.6 Å². The van der Waals surface area contributed by atoms with E-state index in [0.717, 1.165) is 57.3 Å². The van der Waals surface area contributed by atoms with E-state index in [2.05, 4.69) is 52.9 Å². The third-order valence-corrected chi connectivity index (χ3v) is 13.9. The van der Waals surface area contributed by atoms with Gasteiger partial charge in [0.25, 0.3) is 0 Å². The van der Waals surface area contributed by atoms with Gasteiger partial charge in [-0.2, -0.15) is 0 Å². The zero-order valence-corrected chi connectivity index (χ0v) is 27.8. The fourth-order valence-electron chi connectivity index (χ4n) is 5.88. The van der Waals surface area contributed by atoms with E-state index < -0.39 is 20.4 Å². The average Bonchev–Trinajstić information content (AvgIpc) is 3.21. The molecule has 0 bridgehead atoms. The van der Waals surface area contributed by atoms with Crippen LogP contribution in [0.1, 0.15) is 91.9 Å². The molecule has 3 unspecified atom stereocenters. The second-order valence-electron chi connectivity index (χ2n) is 13.7. The van der Waals surface area contributed by atoms with E-state index in [-0.39, 0.29) is 47.9 Å². The number of allylic oxidation sites excluding steroid dienone is 2. The molecular formula is C34H56O7Si. The molecule has 0 radical (unpaired) electrons. The normalized spacial score (nSPS) is 26.8. The van der Waals surface area contributed by atoms with E-state index >= 15 is 0 Å². The maximum absolute atomic E-state index is 11.2. The highest BCUT2D eigenvalue weighted by molar-refractivity contribution is 6.74. The predicted octanol–water partition coefficient (Wildman–Crippen LogP) is 7.73. The number of hydrogen-bond acceptors (Lipinski definition) is 6. The minimum atomic E-state index is -2.08. The number of aliphatic carboxylic acids is 1. The van der Waals surface area contributed by atoms with Crippen LogP contribution >= 0.6 is 0 Å². The van der Waals surface area contributed by atoms with Crippen LogP contribution in [0.15, 0.2) is 42.5 Å². The molecule has 8 heteroatoms. The number of carboxylic acid groups (broad SMARTS) is 1. The summed E-state index contributed by atoms with van der Waals surface area (Å²) >= 11 is 0. The van der Waals surface area contributed by atoms with E-state index in [0.29, 0.717) is 12.8 Å². The molecule has 3 rings (SSSR count). The van der Waals surface area contributed by atoms with Crippen molar-refractivity contribution in [1.82, 2.24) is 0 Å². The summed E-state index contributed by atoms with van der Waals surface area (Å²) in [6.07, 6.45) is 10.8. The maximum Gasteiger partial charge on any atom is 0.303 e. The van der Waals surface area contributed by atoms with Crippen molar-refractivity contribution < 1.29 is 33.6 Å². The van der Waals surface area contributed by atoms with Gasteiger partial charge in [0.1, 0.15) is 11.9 Å². The number of hydrogen-bond donors (Lipinski definition) is 2. The van der Waals surface area contributed by atoms with Gasteiger partial charge in [-0.3, -0.25) is 4.79 Å². The summed E-state index contributed by atoms with van der Waals surface area (Å²) in [6.45, 7) is 14.2. The molecule has 7 nitrogen and oxygen atoms in total. The molecule has 1 aliphatic heterocycles. The molecule has 1 aromatic rings. The topological polar surface area (TPSA) is 94.5 Å². The summed E-state index contributed by atoms with van der Waals surface area (Å²) in [5, 5.41) is 20.2. The van der Waals surface area contributed by atoms with Crippen LogP contribution in [0.5, 0.6) is 5.75 Å². The lowest BCUT2D eigenvalue weighted by atomic mass is 9.85.